The highest BCUT2D eigenvalue weighted by molar-refractivity contribution is 7.12. The molecule has 1 amide bonds. The van der Waals surface area contributed by atoms with Gasteiger partial charge in [0.05, 0.1) is 12.1 Å². The van der Waals surface area contributed by atoms with Gasteiger partial charge in [-0.1, -0.05) is 11.6 Å². The second kappa shape index (κ2) is 4.50. The molecule has 0 aliphatic rings. The van der Waals surface area contributed by atoms with E-state index in [-0.39, 0.29) is 17.9 Å². The smallest absolute Gasteiger partial charge is 0.336 e. The number of rotatable bonds is 3. The molecule has 16 heavy (non-hydrogen) atoms. The number of H-pyrrole nitrogens is 1. The zero-order valence-corrected chi connectivity index (χ0v) is 9.72. The topological polar surface area (TPSA) is 79.9 Å². The normalized spacial score (nSPS) is 10.1. The number of aromatic amines is 1. The SMILES string of the molecule is COc1n[nH]c(NC(=O)c2sccc2Cl)n1. The summed E-state index contributed by atoms with van der Waals surface area (Å²) < 4.78 is 4.76. The third-order valence-corrected chi connectivity index (χ3v) is 3.04. The van der Waals surface area contributed by atoms with Crippen molar-refractivity contribution in [2.45, 2.75) is 0 Å². The van der Waals surface area contributed by atoms with Crippen molar-refractivity contribution in [1.29, 1.82) is 0 Å². The van der Waals surface area contributed by atoms with Gasteiger partial charge >= 0.3 is 6.01 Å². The molecule has 0 bridgehead atoms. The van der Waals surface area contributed by atoms with Gasteiger partial charge in [-0.05, 0) is 11.4 Å². The first-order valence-electron chi connectivity index (χ1n) is 4.21. The Morgan fingerprint density at radius 2 is 2.50 bits per heavy atom. The van der Waals surface area contributed by atoms with Gasteiger partial charge < -0.3 is 4.74 Å². The van der Waals surface area contributed by atoms with Gasteiger partial charge in [-0.25, -0.2) is 5.10 Å². The maximum Gasteiger partial charge on any atom is 0.336 e. The molecule has 0 saturated heterocycles. The molecule has 0 spiro atoms. The molecule has 0 aliphatic carbocycles. The first kappa shape index (κ1) is 10.9. The number of anilines is 1. The Labute approximate surface area is 99.6 Å². The maximum absolute atomic E-state index is 11.7. The van der Waals surface area contributed by atoms with Crippen LogP contribution in [0.4, 0.5) is 5.95 Å². The molecule has 84 valence electrons. The van der Waals surface area contributed by atoms with Crippen LogP contribution in [0, 0.1) is 0 Å². The van der Waals surface area contributed by atoms with Gasteiger partial charge in [0.15, 0.2) is 0 Å². The lowest BCUT2D eigenvalue weighted by Gasteiger charge is -1.98. The molecule has 2 aromatic rings. The number of thiophene rings is 1. The van der Waals surface area contributed by atoms with Gasteiger partial charge in [0.1, 0.15) is 4.88 Å². The molecule has 2 rings (SSSR count). The van der Waals surface area contributed by atoms with E-state index in [1.54, 1.807) is 11.4 Å². The summed E-state index contributed by atoms with van der Waals surface area (Å²) in [5.74, 6) is -0.120. The number of carbonyl (C=O) groups excluding carboxylic acids is 1. The average molecular weight is 259 g/mol. The second-order valence-electron chi connectivity index (χ2n) is 2.72. The fourth-order valence-electron chi connectivity index (χ4n) is 1.01. The van der Waals surface area contributed by atoms with Crippen molar-refractivity contribution < 1.29 is 9.53 Å². The molecule has 8 heteroatoms. The van der Waals surface area contributed by atoms with E-state index in [1.165, 1.54) is 18.4 Å². The number of nitrogens with one attached hydrogen (secondary N) is 2. The molecular formula is C8H7ClN4O2S. The Hall–Kier alpha value is -1.60. The number of nitrogens with zero attached hydrogens (tertiary/aromatic N) is 2. The molecule has 0 saturated carbocycles. The van der Waals surface area contributed by atoms with Crippen molar-refractivity contribution in [2.24, 2.45) is 0 Å². The van der Waals surface area contributed by atoms with Crippen LogP contribution in [-0.4, -0.2) is 28.2 Å². The Morgan fingerprint density at radius 3 is 3.06 bits per heavy atom. The van der Waals surface area contributed by atoms with E-state index in [9.17, 15) is 4.79 Å². The van der Waals surface area contributed by atoms with Crippen molar-refractivity contribution in [2.75, 3.05) is 12.4 Å². The van der Waals surface area contributed by atoms with Gasteiger partial charge in [-0.15, -0.1) is 16.4 Å². The molecule has 2 N–H and O–H groups in total. The third kappa shape index (κ3) is 2.15. The summed E-state index contributed by atoms with van der Waals surface area (Å²) in [6.07, 6.45) is 0. The molecule has 2 heterocycles. The van der Waals surface area contributed by atoms with Crippen molar-refractivity contribution >= 4 is 34.8 Å². The van der Waals surface area contributed by atoms with Gasteiger partial charge in [0, 0.05) is 0 Å². The summed E-state index contributed by atoms with van der Waals surface area (Å²) in [4.78, 5) is 16.0. The van der Waals surface area contributed by atoms with Gasteiger partial charge in [0.25, 0.3) is 5.91 Å². The zero-order valence-electron chi connectivity index (χ0n) is 8.15. The number of halogens is 1. The fraction of sp³-hybridized carbons (Fsp3) is 0.125. The van der Waals surface area contributed by atoms with Crippen LogP contribution in [0.25, 0.3) is 0 Å². The van der Waals surface area contributed by atoms with E-state index in [1.807, 2.05) is 0 Å². The standard InChI is InChI=1S/C8H7ClN4O2S/c1-15-8-11-7(12-13-8)10-6(14)5-4(9)2-3-16-5/h2-3H,1H3,(H2,10,11,12,13,14). The molecule has 0 atom stereocenters. The van der Waals surface area contributed by atoms with Crippen LogP contribution in [0.15, 0.2) is 11.4 Å². The van der Waals surface area contributed by atoms with Crippen LogP contribution < -0.4 is 10.1 Å². The molecule has 0 aromatic carbocycles. The predicted molar refractivity (Wildman–Crippen MR) is 60.2 cm³/mol. The molecule has 0 unspecified atom stereocenters. The first-order chi connectivity index (χ1) is 7.70. The summed E-state index contributed by atoms with van der Waals surface area (Å²) in [6, 6.07) is 1.81. The predicted octanol–water partition coefficient (Wildman–Crippen LogP) is 1.78. The Bertz CT molecular complexity index is 510. The van der Waals surface area contributed by atoms with Gasteiger partial charge in [0.2, 0.25) is 5.95 Å². The maximum atomic E-state index is 11.7. The van der Waals surface area contributed by atoms with Crippen LogP contribution in [0.2, 0.25) is 5.02 Å². The van der Waals surface area contributed by atoms with Gasteiger partial charge in [-0.2, -0.15) is 4.98 Å². The van der Waals surface area contributed by atoms with Gasteiger partial charge in [-0.3, -0.25) is 10.1 Å². The molecular weight excluding hydrogens is 252 g/mol. The van der Waals surface area contributed by atoms with Crippen LogP contribution in [-0.2, 0) is 0 Å². The number of aromatic nitrogens is 3. The lowest BCUT2D eigenvalue weighted by Crippen LogP contribution is -2.11. The molecule has 6 nitrogen and oxygen atoms in total. The van der Waals surface area contributed by atoms with Crippen LogP contribution in [0.3, 0.4) is 0 Å². The number of methoxy groups -OCH3 is 1. The van der Waals surface area contributed by atoms with E-state index in [0.29, 0.717) is 9.90 Å². The minimum atomic E-state index is -0.334. The lowest BCUT2D eigenvalue weighted by atomic mass is 10.4. The Morgan fingerprint density at radius 1 is 1.69 bits per heavy atom. The quantitative estimate of drug-likeness (QED) is 0.879. The van der Waals surface area contributed by atoms with Crippen LogP contribution in [0.5, 0.6) is 6.01 Å². The Balaban J connectivity index is 2.11. The number of amides is 1. The average Bonchev–Trinajstić information content (AvgIpc) is 2.86. The summed E-state index contributed by atoms with van der Waals surface area (Å²) in [6.45, 7) is 0. The summed E-state index contributed by atoms with van der Waals surface area (Å²) >= 11 is 7.06. The van der Waals surface area contributed by atoms with Crippen molar-refractivity contribution in [3.63, 3.8) is 0 Å². The number of ether oxygens (including phenoxy) is 1. The second-order valence-corrected chi connectivity index (χ2v) is 4.05. The Kier molecular flexibility index (Phi) is 3.07. The molecule has 0 fully saturated rings. The highest BCUT2D eigenvalue weighted by Crippen LogP contribution is 2.22. The van der Waals surface area contributed by atoms with Crippen LogP contribution >= 0.6 is 22.9 Å². The molecule has 2 aromatic heterocycles. The minimum Gasteiger partial charge on any atom is -0.466 e. The lowest BCUT2D eigenvalue weighted by molar-refractivity contribution is 0.103. The van der Waals surface area contributed by atoms with E-state index in [2.05, 4.69) is 20.5 Å². The van der Waals surface area contributed by atoms with Crippen molar-refractivity contribution in [1.82, 2.24) is 15.2 Å². The summed E-state index contributed by atoms with van der Waals surface area (Å²) in [5.41, 5.74) is 0. The molecule has 0 radical (unpaired) electrons. The monoisotopic (exact) mass is 258 g/mol. The van der Waals surface area contributed by atoms with E-state index >= 15 is 0 Å². The fourth-order valence-corrected chi connectivity index (χ4v) is 2.05. The van der Waals surface area contributed by atoms with Crippen LogP contribution in [0.1, 0.15) is 9.67 Å². The minimum absolute atomic E-state index is 0.160. The highest BCUT2D eigenvalue weighted by atomic mass is 35.5. The van der Waals surface area contributed by atoms with Crippen molar-refractivity contribution in [3.8, 4) is 6.01 Å². The summed E-state index contributed by atoms with van der Waals surface area (Å²) in [5, 5.41) is 10.9. The highest BCUT2D eigenvalue weighted by Gasteiger charge is 2.13. The largest absolute Gasteiger partial charge is 0.466 e. The third-order valence-electron chi connectivity index (χ3n) is 1.70. The summed E-state index contributed by atoms with van der Waals surface area (Å²) in [7, 11) is 1.44. The first-order valence-corrected chi connectivity index (χ1v) is 5.47. The zero-order chi connectivity index (χ0) is 11.5. The number of carbonyl (C=O) groups is 1. The number of hydrogen-bond acceptors (Lipinski definition) is 5. The molecule has 0 aliphatic heterocycles. The van der Waals surface area contributed by atoms with E-state index in [4.69, 9.17) is 16.3 Å². The number of hydrogen-bond donors (Lipinski definition) is 2. The van der Waals surface area contributed by atoms with Crippen molar-refractivity contribution in [3.05, 3.63) is 21.3 Å². The van der Waals surface area contributed by atoms with E-state index in [0.717, 1.165) is 0 Å². The van der Waals surface area contributed by atoms with E-state index < -0.39 is 0 Å².